The quantitative estimate of drug-likeness (QED) is 0.785. The number of nitrogens with one attached hydrogen (secondary N) is 1. The van der Waals surface area contributed by atoms with E-state index in [-0.39, 0.29) is 17.4 Å². The first-order valence-corrected chi connectivity index (χ1v) is 8.57. The Labute approximate surface area is 152 Å². The van der Waals surface area contributed by atoms with Crippen molar-refractivity contribution in [2.24, 2.45) is 5.92 Å². The average Bonchev–Trinajstić information content (AvgIpc) is 3.05. The molecule has 0 bridgehead atoms. The van der Waals surface area contributed by atoms with Crippen LogP contribution in [0.4, 0.5) is 5.69 Å². The molecule has 0 radical (unpaired) electrons. The van der Waals surface area contributed by atoms with Gasteiger partial charge in [-0.05, 0) is 31.4 Å². The molecule has 1 N–H and O–H groups in total. The van der Waals surface area contributed by atoms with Gasteiger partial charge in [-0.2, -0.15) is 5.26 Å². The molecule has 7 nitrogen and oxygen atoms in total. The van der Waals surface area contributed by atoms with Gasteiger partial charge in [-0.3, -0.25) is 9.59 Å². The van der Waals surface area contributed by atoms with Gasteiger partial charge in [0.2, 0.25) is 5.91 Å². The van der Waals surface area contributed by atoms with Crippen LogP contribution in [-0.2, 0) is 14.3 Å². The lowest BCUT2D eigenvalue weighted by molar-refractivity contribution is -0.125. The van der Waals surface area contributed by atoms with Crippen molar-refractivity contribution in [1.29, 1.82) is 5.26 Å². The Balaban J connectivity index is 2.04. The van der Waals surface area contributed by atoms with Crippen LogP contribution in [0.3, 0.4) is 0 Å². The largest absolute Gasteiger partial charge is 0.452 e. The van der Waals surface area contributed by atoms with Crippen LogP contribution in [0.15, 0.2) is 24.3 Å². The van der Waals surface area contributed by atoms with E-state index in [2.05, 4.69) is 11.4 Å². The molecule has 0 aromatic heterocycles. The van der Waals surface area contributed by atoms with Gasteiger partial charge in [0, 0.05) is 13.0 Å². The molecular formula is C19H23N3O4. The molecule has 0 aliphatic carbocycles. The Morgan fingerprint density at radius 1 is 1.38 bits per heavy atom. The minimum Gasteiger partial charge on any atom is -0.452 e. The first-order chi connectivity index (χ1) is 12.3. The van der Waals surface area contributed by atoms with Crippen molar-refractivity contribution in [2.75, 3.05) is 18.1 Å². The van der Waals surface area contributed by atoms with Gasteiger partial charge >= 0.3 is 5.97 Å². The summed E-state index contributed by atoms with van der Waals surface area (Å²) in [5.74, 6) is -1.37. The lowest BCUT2D eigenvalue weighted by atomic mass is 9.90. The summed E-state index contributed by atoms with van der Waals surface area (Å²) in [6.07, 6.45) is 1.19. The molecular weight excluding hydrogens is 334 g/mol. The zero-order chi connectivity index (χ0) is 19.3. The molecule has 0 spiro atoms. The van der Waals surface area contributed by atoms with Crippen molar-refractivity contribution in [3.63, 3.8) is 0 Å². The summed E-state index contributed by atoms with van der Waals surface area (Å²) in [6.45, 7) is 5.31. The second-order valence-electron chi connectivity index (χ2n) is 6.76. The summed E-state index contributed by atoms with van der Waals surface area (Å²) in [6, 6.07) is 8.73. The number of hydrogen-bond acceptors (Lipinski definition) is 5. The van der Waals surface area contributed by atoms with Crippen molar-refractivity contribution in [2.45, 2.75) is 39.2 Å². The second-order valence-corrected chi connectivity index (χ2v) is 6.76. The highest BCUT2D eigenvalue weighted by atomic mass is 16.5. The minimum absolute atomic E-state index is 0.0373. The fourth-order valence-electron chi connectivity index (χ4n) is 2.62. The molecule has 0 unspecified atom stereocenters. The minimum atomic E-state index is -1.04. The van der Waals surface area contributed by atoms with Gasteiger partial charge in [-0.25, -0.2) is 4.79 Å². The maximum absolute atomic E-state index is 12.4. The SMILES string of the molecule is CC(C)[C@](C)(C#N)NC(=O)COC(=O)c1ccccc1N1CCCC1=O. The zero-order valence-corrected chi connectivity index (χ0v) is 15.2. The maximum atomic E-state index is 12.4. The maximum Gasteiger partial charge on any atom is 0.340 e. The van der Waals surface area contributed by atoms with Crippen LogP contribution in [0.2, 0.25) is 0 Å². The lowest BCUT2D eigenvalue weighted by Crippen LogP contribution is -2.50. The summed E-state index contributed by atoms with van der Waals surface area (Å²) < 4.78 is 5.10. The molecule has 1 fully saturated rings. The van der Waals surface area contributed by atoms with E-state index in [0.29, 0.717) is 18.7 Å². The monoisotopic (exact) mass is 357 g/mol. The fourth-order valence-corrected chi connectivity index (χ4v) is 2.62. The Morgan fingerprint density at radius 2 is 2.08 bits per heavy atom. The van der Waals surface area contributed by atoms with Crippen molar-refractivity contribution < 1.29 is 19.1 Å². The van der Waals surface area contributed by atoms with E-state index >= 15 is 0 Å². The van der Waals surface area contributed by atoms with Crippen LogP contribution >= 0.6 is 0 Å². The Kier molecular flexibility index (Phi) is 5.98. The number of hydrogen-bond donors (Lipinski definition) is 1. The van der Waals surface area contributed by atoms with Gasteiger partial charge in [0.1, 0.15) is 5.54 Å². The molecule has 1 atom stereocenters. The lowest BCUT2D eigenvalue weighted by Gasteiger charge is -2.27. The van der Waals surface area contributed by atoms with Crippen molar-refractivity contribution >= 4 is 23.5 Å². The van der Waals surface area contributed by atoms with Gasteiger partial charge in [-0.15, -0.1) is 0 Å². The van der Waals surface area contributed by atoms with E-state index in [1.165, 1.54) is 0 Å². The topological polar surface area (TPSA) is 99.5 Å². The normalized spacial score (nSPS) is 16.1. The zero-order valence-electron chi connectivity index (χ0n) is 15.2. The number of anilines is 1. The highest BCUT2D eigenvalue weighted by Gasteiger charge is 2.31. The second kappa shape index (κ2) is 8.00. The molecule has 1 heterocycles. The number of para-hydroxylation sites is 1. The predicted octanol–water partition coefficient (Wildman–Crippen LogP) is 2.02. The van der Waals surface area contributed by atoms with Crippen molar-refractivity contribution in [3.05, 3.63) is 29.8 Å². The van der Waals surface area contributed by atoms with Gasteiger partial charge in [-0.1, -0.05) is 26.0 Å². The third-order valence-corrected chi connectivity index (χ3v) is 4.61. The number of nitrogens with zero attached hydrogens (tertiary/aromatic N) is 2. The van der Waals surface area contributed by atoms with E-state index in [9.17, 15) is 19.6 Å². The molecule has 0 saturated carbocycles. The Hall–Kier alpha value is -2.88. The smallest absolute Gasteiger partial charge is 0.340 e. The van der Waals surface area contributed by atoms with E-state index in [1.54, 1.807) is 36.1 Å². The number of carbonyl (C=O) groups is 3. The molecule has 7 heteroatoms. The molecule has 26 heavy (non-hydrogen) atoms. The summed E-state index contributed by atoms with van der Waals surface area (Å²) >= 11 is 0. The number of rotatable bonds is 6. The van der Waals surface area contributed by atoms with Crippen LogP contribution in [0.25, 0.3) is 0 Å². The van der Waals surface area contributed by atoms with Gasteiger partial charge < -0.3 is 15.0 Å². The van der Waals surface area contributed by atoms with Crippen LogP contribution in [0.1, 0.15) is 44.0 Å². The highest BCUT2D eigenvalue weighted by molar-refractivity contribution is 6.03. The number of benzene rings is 1. The van der Waals surface area contributed by atoms with Gasteiger partial charge in [0.15, 0.2) is 6.61 Å². The molecule has 1 aromatic carbocycles. The average molecular weight is 357 g/mol. The first kappa shape index (κ1) is 19.4. The van der Waals surface area contributed by atoms with Crippen LogP contribution < -0.4 is 10.2 Å². The summed E-state index contributed by atoms with van der Waals surface area (Å²) in [5.41, 5.74) is -0.310. The van der Waals surface area contributed by atoms with E-state index < -0.39 is 24.0 Å². The number of esters is 1. The van der Waals surface area contributed by atoms with Gasteiger partial charge in [0.25, 0.3) is 5.91 Å². The number of carbonyl (C=O) groups excluding carboxylic acids is 3. The standard InChI is InChI=1S/C19H23N3O4/c1-13(2)19(3,12-20)21-16(23)11-26-18(25)14-7-4-5-8-15(14)22-10-6-9-17(22)24/h4-5,7-8,13H,6,9-11H2,1-3H3,(H,21,23)/t19-/m0/s1. The van der Waals surface area contributed by atoms with Crippen LogP contribution in [-0.4, -0.2) is 36.5 Å². The third-order valence-electron chi connectivity index (χ3n) is 4.61. The molecule has 1 aliphatic heterocycles. The molecule has 1 saturated heterocycles. The number of nitriles is 1. The Morgan fingerprint density at radius 3 is 2.65 bits per heavy atom. The molecule has 1 aromatic rings. The van der Waals surface area contributed by atoms with Crippen molar-refractivity contribution in [1.82, 2.24) is 5.32 Å². The number of amides is 2. The molecule has 1 aliphatic rings. The van der Waals surface area contributed by atoms with E-state index in [0.717, 1.165) is 6.42 Å². The Bertz CT molecular complexity index is 753. The van der Waals surface area contributed by atoms with E-state index in [4.69, 9.17) is 4.74 Å². The van der Waals surface area contributed by atoms with Gasteiger partial charge in [0.05, 0.1) is 17.3 Å². The third kappa shape index (κ3) is 4.20. The predicted molar refractivity (Wildman–Crippen MR) is 95.3 cm³/mol. The first-order valence-electron chi connectivity index (χ1n) is 8.57. The van der Waals surface area contributed by atoms with E-state index in [1.807, 2.05) is 13.8 Å². The summed E-state index contributed by atoms with van der Waals surface area (Å²) in [5, 5.41) is 11.8. The number of ether oxygens (including phenoxy) is 1. The fraction of sp³-hybridized carbons (Fsp3) is 0.474. The molecule has 2 amide bonds. The highest BCUT2D eigenvalue weighted by Crippen LogP contribution is 2.26. The van der Waals surface area contributed by atoms with Crippen molar-refractivity contribution in [3.8, 4) is 6.07 Å². The molecule has 2 rings (SSSR count). The molecule has 138 valence electrons. The summed E-state index contributed by atoms with van der Waals surface area (Å²) in [7, 11) is 0. The summed E-state index contributed by atoms with van der Waals surface area (Å²) in [4.78, 5) is 38.0. The van der Waals surface area contributed by atoms with Crippen LogP contribution in [0.5, 0.6) is 0 Å². The van der Waals surface area contributed by atoms with Crippen LogP contribution in [0, 0.1) is 17.2 Å².